The quantitative estimate of drug-likeness (QED) is 0.648. The molecule has 0 aromatic rings. The van der Waals surface area contributed by atoms with Crippen molar-refractivity contribution in [3.63, 3.8) is 0 Å². The zero-order chi connectivity index (χ0) is 14.3. The lowest BCUT2D eigenvalue weighted by Crippen LogP contribution is -2.49. The highest BCUT2D eigenvalue weighted by Gasteiger charge is 2.24. The van der Waals surface area contributed by atoms with E-state index in [2.05, 4.69) is 44.7 Å². The summed E-state index contributed by atoms with van der Waals surface area (Å²) in [6.45, 7) is 11.8. The molecule has 0 aromatic carbocycles. The number of aliphatic hydroxyl groups excluding tert-OH is 1. The summed E-state index contributed by atoms with van der Waals surface area (Å²) >= 11 is 0. The van der Waals surface area contributed by atoms with Crippen molar-refractivity contribution in [3.05, 3.63) is 0 Å². The van der Waals surface area contributed by atoms with Crippen LogP contribution in [0.2, 0.25) is 0 Å². The second-order valence-corrected chi connectivity index (χ2v) is 6.56. The van der Waals surface area contributed by atoms with Crippen molar-refractivity contribution in [2.75, 3.05) is 40.3 Å². The van der Waals surface area contributed by atoms with Crippen molar-refractivity contribution in [1.82, 2.24) is 9.80 Å². The fraction of sp³-hybridized carbons (Fsp3) is 1.00. The number of nitrogens with zero attached hydrogens (tertiary/aromatic N) is 2. The maximum atomic E-state index is 9.27. The van der Waals surface area contributed by atoms with E-state index >= 15 is 0 Å². The Morgan fingerprint density at radius 3 is 2.11 bits per heavy atom. The Morgan fingerprint density at radius 1 is 1.17 bits per heavy atom. The largest absolute Gasteiger partial charge is 0.394 e. The molecule has 3 N–H and O–H groups in total. The Hall–Kier alpha value is -0.160. The molecule has 0 aliphatic rings. The van der Waals surface area contributed by atoms with E-state index in [9.17, 15) is 5.11 Å². The Labute approximate surface area is 113 Å². The van der Waals surface area contributed by atoms with Gasteiger partial charge in [-0.2, -0.15) is 0 Å². The van der Waals surface area contributed by atoms with Crippen molar-refractivity contribution >= 4 is 0 Å². The summed E-state index contributed by atoms with van der Waals surface area (Å²) in [5.41, 5.74) is 5.58. The lowest BCUT2D eigenvalue weighted by atomic mass is 9.94. The van der Waals surface area contributed by atoms with E-state index in [4.69, 9.17) is 5.73 Å². The summed E-state index contributed by atoms with van der Waals surface area (Å²) in [6, 6.07) is 0.398. The summed E-state index contributed by atoms with van der Waals surface area (Å²) in [5, 5.41) is 9.27. The first-order chi connectivity index (χ1) is 8.18. The average Bonchev–Trinajstić information content (AvgIpc) is 2.22. The molecule has 0 aliphatic heterocycles. The maximum Gasteiger partial charge on any atom is 0.0609 e. The molecular formula is C14H33N3O. The SMILES string of the molecule is CC(C)CN(CCN(C)C)C(C)CC(C)(N)CO. The van der Waals surface area contributed by atoms with Gasteiger partial charge in [0.1, 0.15) is 0 Å². The van der Waals surface area contributed by atoms with E-state index in [-0.39, 0.29) is 6.61 Å². The molecule has 4 heteroatoms. The highest BCUT2D eigenvalue weighted by atomic mass is 16.3. The highest BCUT2D eigenvalue weighted by Crippen LogP contribution is 2.15. The fourth-order valence-corrected chi connectivity index (χ4v) is 2.16. The first-order valence-electron chi connectivity index (χ1n) is 6.96. The van der Waals surface area contributed by atoms with Crippen LogP contribution in [0.15, 0.2) is 0 Å². The van der Waals surface area contributed by atoms with Gasteiger partial charge >= 0.3 is 0 Å². The fourth-order valence-electron chi connectivity index (χ4n) is 2.16. The predicted octanol–water partition coefficient (Wildman–Crippen LogP) is 0.994. The third kappa shape index (κ3) is 8.03. The van der Waals surface area contributed by atoms with Crippen molar-refractivity contribution < 1.29 is 5.11 Å². The zero-order valence-electron chi connectivity index (χ0n) is 13.1. The first kappa shape index (κ1) is 17.8. The summed E-state index contributed by atoms with van der Waals surface area (Å²) < 4.78 is 0. The standard InChI is InChI=1S/C14H33N3O/c1-12(2)10-17(8-7-16(5)6)13(3)9-14(4,15)11-18/h12-13,18H,7-11,15H2,1-6H3. The first-order valence-corrected chi connectivity index (χ1v) is 6.96. The van der Waals surface area contributed by atoms with Crippen LogP contribution < -0.4 is 5.73 Å². The average molecular weight is 259 g/mol. The number of nitrogens with two attached hydrogens (primary N) is 1. The van der Waals surface area contributed by atoms with Gasteiger partial charge in [-0.15, -0.1) is 0 Å². The molecular weight excluding hydrogens is 226 g/mol. The minimum absolute atomic E-state index is 0.0422. The lowest BCUT2D eigenvalue weighted by Gasteiger charge is -2.35. The third-order valence-corrected chi connectivity index (χ3v) is 3.18. The van der Waals surface area contributed by atoms with E-state index in [1.54, 1.807) is 0 Å². The van der Waals surface area contributed by atoms with E-state index in [0.29, 0.717) is 12.0 Å². The Kier molecular flexibility index (Phi) is 8.03. The second kappa shape index (κ2) is 8.10. The molecule has 110 valence electrons. The number of hydrogen-bond donors (Lipinski definition) is 2. The van der Waals surface area contributed by atoms with Gasteiger partial charge in [-0.1, -0.05) is 13.8 Å². The Bertz CT molecular complexity index is 217. The number of hydrogen-bond acceptors (Lipinski definition) is 4. The Morgan fingerprint density at radius 2 is 1.72 bits per heavy atom. The van der Waals surface area contributed by atoms with Crippen molar-refractivity contribution in [2.24, 2.45) is 11.7 Å². The number of likely N-dealkylation sites (N-methyl/N-ethyl adjacent to an activating group) is 1. The minimum Gasteiger partial charge on any atom is -0.394 e. The van der Waals surface area contributed by atoms with Gasteiger partial charge in [0.25, 0.3) is 0 Å². The van der Waals surface area contributed by atoms with Crippen LogP contribution in [0.1, 0.15) is 34.1 Å². The topological polar surface area (TPSA) is 52.7 Å². The molecule has 0 amide bonds. The molecule has 0 saturated carbocycles. The smallest absolute Gasteiger partial charge is 0.0609 e. The van der Waals surface area contributed by atoms with Crippen LogP contribution in [0, 0.1) is 5.92 Å². The number of rotatable bonds is 9. The van der Waals surface area contributed by atoms with E-state index in [0.717, 1.165) is 26.1 Å². The maximum absolute atomic E-state index is 9.27. The predicted molar refractivity (Wildman–Crippen MR) is 78.7 cm³/mol. The van der Waals surface area contributed by atoms with Crippen LogP contribution in [0.4, 0.5) is 0 Å². The van der Waals surface area contributed by atoms with Gasteiger partial charge in [0.2, 0.25) is 0 Å². The van der Waals surface area contributed by atoms with Gasteiger partial charge < -0.3 is 15.7 Å². The molecule has 0 fully saturated rings. The lowest BCUT2D eigenvalue weighted by molar-refractivity contribution is 0.120. The van der Waals surface area contributed by atoms with Crippen LogP contribution in [0.25, 0.3) is 0 Å². The normalized spacial score (nSPS) is 17.5. The molecule has 0 aromatic heterocycles. The Balaban J connectivity index is 4.43. The van der Waals surface area contributed by atoms with Gasteiger partial charge in [-0.05, 0) is 40.3 Å². The van der Waals surface area contributed by atoms with Crippen molar-refractivity contribution in [1.29, 1.82) is 0 Å². The third-order valence-electron chi connectivity index (χ3n) is 3.18. The molecule has 0 spiro atoms. The monoisotopic (exact) mass is 259 g/mol. The van der Waals surface area contributed by atoms with Crippen LogP contribution in [-0.4, -0.2) is 66.8 Å². The van der Waals surface area contributed by atoms with E-state index in [1.165, 1.54) is 0 Å². The molecule has 18 heavy (non-hydrogen) atoms. The van der Waals surface area contributed by atoms with Gasteiger partial charge in [0, 0.05) is 31.2 Å². The molecule has 0 bridgehead atoms. The van der Waals surface area contributed by atoms with E-state index < -0.39 is 5.54 Å². The molecule has 2 atom stereocenters. The summed E-state index contributed by atoms with van der Waals surface area (Å²) in [5.74, 6) is 0.646. The molecule has 4 nitrogen and oxygen atoms in total. The van der Waals surface area contributed by atoms with Crippen molar-refractivity contribution in [3.8, 4) is 0 Å². The molecule has 0 radical (unpaired) electrons. The van der Waals surface area contributed by atoms with Gasteiger partial charge in [0.05, 0.1) is 6.61 Å². The molecule has 2 unspecified atom stereocenters. The van der Waals surface area contributed by atoms with Gasteiger partial charge in [0.15, 0.2) is 0 Å². The molecule has 0 rings (SSSR count). The minimum atomic E-state index is -0.479. The second-order valence-electron chi connectivity index (χ2n) is 6.56. The summed E-state index contributed by atoms with van der Waals surface area (Å²) in [4.78, 5) is 4.68. The van der Waals surface area contributed by atoms with Gasteiger partial charge in [-0.25, -0.2) is 0 Å². The van der Waals surface area contributed by atoms with Crippen molar-refractivity contribution in [2.45, 2.75) is 45.7 Å². The summed E-state index contributed by atoms with van der Waals surface area (Å²) in [6.07, 6.45) is 0.823. The van der Waals surface area contributed by atoms with Crippen LogP contribution >= 0.6 is 0 Å². The molecule has 0 saturated heterocycles. The molecule has 0 heterocycles. The van der Waals surface area contributed by atoms with Gasteiger partial charge in [-0.3, -0.25) is 4.90 Å². The molecule has 0 aliphatic carbocycles. The zero-order valence-corrected chi connectivity index (χ0v) is 13.1. The number of aliphatic hydroxyl groups is 1. The van der Waals surface area contributed by atoms with Crippen LogP contribution in [0.3, 0.4) is 0 Å². The van der Waals surface area contributed by atoms with Crippen LogP contribution in [-0.2, 0) is 0 Å². The van der Waals surface area contributed by atoms with Crippen LogP contribution in [0.5, 0.6) is 0 Å². The van der Waals surface area contributed by atoms with E-state index in [1.807, 2.05) is 6.92 Å². The highest BCUT2D eigenvalue weighted by molar-refractivity contribution is 4.84. The summed E-state index contributed by atoms with van der Waals surface area (Å²) in [7, 11) is 4.19.